The van der Waals surface area contributed by atoms with E-state index in [9.17, 15) is 40.3 Å². The van der Waals surface area contributed by atoms with Crippen LogP contribution in [0, 0.1) is 55.4 Å². The first kappa shape index (κ1) is 97.5. The minimum Gasteiger partial charge on any atom is -0.493 e. The van der Waals surface area contributed by atoms with Crippen LogP contribution in [0.5, 0.6) is 23.0 Å². The zero-order valence-electron chi connectivity index (χ0n) is 65.3. The number of methoxy groups -OCH3 is 1. The van der Waals surface area contributed by atoms with Crippen molar-refractivity contribution in [1.82, 2.24) is 0 Å². The molecule has 0 heterocycles. The number of benzene rings is 12. The van der Waals surface area contributed by atoms with Crippen LogP contribution in [-0.2, 0) is 57.9 Å². The SMILES string of the molecule is C.C.C.C.CCC(=O)Oc1c(C)cc([S+](c2ccccc2)c2ccccc2)cc1C.CCOc1c(C)cc([S+](c2ccccc2)c2ccccc2)cc1C.COC(=O)COc1c(C)cc([S+](c2ccccc2)c2ccccc2)cc1C.Cc1cc([S+](c2ccccc2)c2ccccc2)cc(C)c1OCCCC(F)(F)CC(F)(F)C(F)(F)F. The summed E-state index contributed by atoms with van der Waals surface area (Å²) in [7, 11) is 0.457. The number of carbonyl (C=O) groups is 2. The van der Waals surface area contributed by atoms with Crippen molar-refractivity contribution < 1.29 is 64.0 Å². The van der Waals surface area contributed by atoms with Crippen molar-refractivity contribution in [3.63, 3.8) is 0 Å². The van der Waals surface area contributed by atoms with E-state index in [0.717, 1.165) is 59.6 Å². The molecule has 0 saturated carbocycles. The Labute approximate surface area is 701 Å². The number of alkyl halides is 7. The van der Waals surface area contributed by atoms with Crippen LogP contribution in [0.15, 0.2) is 350 Å². The maximum atomic E-state index is 13.8. The smallest absolute Gasteiger partial charge is 0.453 e. The molecule has 0 aliphatic rings. The van der Waals surface area contributed by atoms with E-state index in [0.29, 0.717) is 24.5 Å². The van der Waals surface area contributed by atoms with Gasteiger partial charge >= 0.3 is 24.0 Å². The lowest BCUT2D eigenvalue weighted by Crippen LogP contribution is -2.41. The van der Waals surface area contributed by atoms with Gasteiger partial charge in [0, 0.05) is 61.4 Å². The van der Waals surface area contributed by atoms with Crippen molar-refractivity contribution in [3.8, 4) is 23.0 Å². The number of ether oxygens (including phenoxy) is 5. The number of carbonyl (C=O) groups excluding carboxylic acids is 2. The molecule has 0 radical (unpaired) electrons. The molecule has 0 saturated heterocycles. The first-order valence-corrected chi connectivity index (χ1v) is 41.9. The van der Waals surface area contributed by atoms with Crippen molar-refractivity contribution >= 4 is 55.5 Å². The summed E-state index contributed by atoms with van der Waals surface area (Å²) in [4.78, 5) is 38.0. The Kier molecular flexibility index (Phi) is 38.9. The molecule has 12 rings (SSSR count). The molecule has 0 unspecified atom stereocenters. The molecule has 0 atom stereocenters. The molecule has 7 nitrogen and oxygen atoms in total. The average Bonchev–Trinajstić information content (AvgIpc) is 0.810. The van der Waals surface area contributed by atoms with Crippen LogP contribution in [0.2, 0.25) is 0 Å². The fraction of sp³-hybridized carbons (Fsp3) is 0.253. The third-order valence-corrected chi connectivity index (χ3v) is 26.5. The second-order valence-corrected chi connectivity index (χ2v) is 34.7. The molecular formula is C99H111F7O7S4+4. The van der Waals surface area contributed by atoms with Crippen LogP contribution in [0.4, 0.5) is 30.7 Å². The Balaban J connectivity index is 0.000000278. The summed E-state index contributed by atoms with van der Waals surface area (Å²) in [6.45, 7) is 20.2. The third-order valence-electron chi connectivity index (χ3n) is 17.7. The van der Waals surface area contributed by atoms with Crippen molar-refractivity contribution in [2.24, 2.45) is 0 Å². The van der Waals surface area contributed by atoms with E-state index >= 15 is 0 Å². The van der Waals surface area contributed by atoms with Gasteiger partial charge in [-0.15, -0.1) is 0 Å². The number of hydrogen-bond acceptors (Lipinski definition) is 7. The lowest BCUT2D eigenvalue weighted by Gasteiger charge is -2.25. The summed E-state index contributed by atoms with van der Waals surface area (Å²) in [5.41, 5.74) is 7.95. The number of aryl methyl sites for hydroxylation is 8. The molecule has 0 N–H and O–H groups in total. The summed E-state index contributed by atoms with van der Waals surface area (Å²) in [5.74, 6) is -7.27. The molecule has 117 heavy (non-hydrogen) atoms. The first-order valence-electron chi connectivity index (χ1n) is 37.0. The van der Waals surface area contributed by atoms with Crippen molar-refractivity contribution in [2.75, 3.05) is 26.9 Å². The largest absolute Gasteiger partial charge is 0.493 e. The summed E-state index contributed by atoms with van der Waals surface area (Å²) >= 11 is 0. The highest BCUT2D eigenvalue weighted by Crippen LogP contribution is 2.45. The van der Waals surface area contributed by atoms with Crippen LogP contribution in [0.3, 0.4) is 0 Å². The summed E-state index contributed by atoms with van der Waals surface area (Å²) in [6, 6.07) is 101. The third kappa shape index (κ3) is 27.2. The van der Waals surface area contributed by atoms with Crippen LogP contribution in [0.25, 0.3) is 0 Å². The molecule has 0 aliphatic heterocycles. The van der Waals surface area contributed by atoms with Crippen LogP contribution >= 0.6 is 0 Å². The maximum Gasteiger partial charge on any atom is 0.453 e. The standard InChI is InChI=1S/C27H26F7OS.C23H23O3S.C23H23O2S.C22H23OS.4CH4/c1-19-16-23(36(21-10-5-3-6-11-21)22-12-7-4-8-13-22)17-20(2)24(19)35-15-9-14-25(28,29)18-26(30,31)27(32,33)34;1-17-14-21(15-18(2)23(17)26-16-22(24)25-3)27(19-10-6-4-7-11-19)20-12-8-5-9-13-20;1-4-22(24)25-23-17(2)15-21(16-18(23)3)26(19-11-7-5-8-12-19)20-13-9-6-10-14-20;1-4-23-22-17(2)15-21(16-18(22)3)24(19-11-7-5-8-12-19)20-13-9-6-10-14-20;;;;/h3-8,10-13,16-17H,9,14-15,18H2,1-2H3;4-15H,16H2,1-3H3;5-16H,4H2,1-3H3;5-16H,4H2,1-3H3;4*1H4/q4*+1;;;;. The quantitative estimate of drug-likeness (QED) is 0.0176. The highest BCUT2D eigenvalue weighted by Gasteiger charge is 2.61. The van der Waals surface area contributed by atoms with Gasteiger partial charge in [0.2, 0.25) is 0 Å². The van der Waals surface area contributed by atoms with E-state index in [4.69, 9.17) is 18.9 Å². The second kappa shape index (κ2) is 46.7. The second-order valence-electron chi connectivity index (χ2n) is 26.6. The van der Waals surface area contributed by atoms with Gasteiger partial charge in [0.15, 0.2) is 65.4 Å². The molecule has 0 aliphatic carbocycles. The van der Waals surface area contributed by atoms with Gasteiger partial charge in [0.25, 0.3) is 5.92 Å². The molecule has 18 heteroatoms. The van der Waals surface area contributed by atoms with Crippen molar-refractivity contribution in [1.29, 1.82) is 0 Å². The number of hydrogen-bond donors (Lipinski definition) is 0. The van der Waals surface area contributed by atoms with Gasteiger partial charge in [-0.3, -0.25) is 4.79 Å². The summed E-state index contributed by atoms with van der Waals surface area (Å²) < 4.78 is 118. The first-order chi connectivity index (χ1) is 54.2. The van der Waals surface area contributed by atoms with E-state index < -0.39 is 41.8 Å². The molecule has 0 bridgehead atoms. The molecule has 12 aromatic carbocycles. The molecule has 0 amide bonds. The van der Waals surface area contributed by atoms with Gasteiger partial charge < -0.3 is 23.7 Å². The minimum atomic E-state index is -6.01. The zero-order valence-corrected chi connectivity index (χ0v) is 68.6. The number of rotatable bonds is 26. The zero-order chi connectivity index (χ0) is 81.2. The van der Waals surface area contributed by atoms with Gasteiger partial charge in [0.1, 0.15) is 23.0 Å². The number of halogens is 7. The molecule has 12 aromatic rings. The van der Waals surface area contributed by atoms with E-state index in [-0.39, 0.29) is 94.0 Å². The Hall–Kier alpha value is -10.1. The molecule has 618 valence electrons. The topological polar surface area (TPSA) is 80.3 Å². The van der Waals surface area contributed by atoms with Gasteiger partial charge in [0.05, 0.1) is 70.3 Å². The van der Waals surface area contributed by atoms with Gasteiger partial charge in [-0.25, -0.2) is 13.6 Å². The Morgan fingerprint density at radius 2 is 0.547 bits per heavy atom. The minimum absolute atomic E-state index is 0. The molecule has 0 aromatic heterocycles. The van der Waals surface area contributed by atoms with Crippen LogP contribution in [0.1, 0.15) is 114 Å². The van der Waals surface area contributed by atoms with E-state index in [1.807, 2.05) is 152 Å². The number of esters is 2. The normalized spacial score (nSPS) is 11.0. The Bertz CT molecular complexity index is 4740. The fourth-order valence-corrected chi connectivity index (χ4v) is 21.6. The highest BCUT2D eigenvalue weighted by atomic mass is 32.2. The maximum absolute atomic E-state index is 13.8. The average molecular weight is 1670 g/mol. The van der Waals surface area contributed by atoms with Gasteiger partial charge in [-0.1, -0.05) is 182 Å². The van der Waals surface area contributed by atoms with Crippen molar-refractivity contribution in [2.45, 2.75) is 201 Å². The fourth-order valence-electron chi connectivity index (χ4n) is 12.6. The predicted octanol–water partition coefficient (Wildman–Crippen LogP) is 27.8. The van der Waals surface area contributed by atoms with E-state index in [2.05, 4.69) is 213 Å². The summed E-state index contributed by atoms with van der Waals surface area (Å²) in [5, 5.41) is 0. The Morgan fingerprint density at radius 3 is 0.769 bits per heavy atom. The lowest BCUT2D eigenvalue weighted by atomic mass is 10.0. The lowest BCUT2D eigenvalue weighted by molar-refractivity contribution is -0.301. The van der Waals surface area contributed by atoms with Gasteiger partial charge in [-0.05, 0) is 210 Å². The highest BCUT2D eigenvalue weighted by molar-refractivity contribution is 7.98. The van der Waals surface area contributed by atoms with Crippen LogP contribution < -0.4 is 18.9 Å². The predicted molar refractivity (Wildman–Crippen MR) is 471 cm³/mol. The molecule has 0 fully saturated rings. The molecule has 0 spiro atoms. The monoisotopic (exact) mass is 1670 g/mol. The molecular weight excluding hydrogens is 1560 g/mol. The van der Waals surface area contributed by atoms with E-state index in [1.54, 1.807) is 0 Å². The van der Waals surface area contributed by atoms with Crippen LogP contribution in [-0.4, -0.2) is 56.9 Å². The Morgan fingerprint density at radius 1 is 0.316 bits per heavy atom. The van der Waals surface area contributed by atoms with Crippen molar-refractivity contribution in [3.05, 3.63) is 336 Å². The summed E-state index contributed by atoms with van der Waals surface area (Å²) in [6.07, 6.45) is -9.72. The van der Waals surface area contributed by atoms with Gasteiger partial charge in [-0.2, -0.15) is 22.0 Å². The van der Waals surface area contributed by atoms with E-state index in [1.165, 1.54) is 62.3 Å².